The first-order chi connectivity index (χ1) is 9.54. The number of nitrogens with one attached hydrogen (secondary N) is 1. The first kappa shape index (κ1) is 15.8. The summed E-state index contributed by atoms with van der Waals surface area (Å²) in [5.74, 6) is 0.962. The quantitative estimate of drug-likeness (QED) is 0.860. The summed E-state index contributed by atoms with van der Waals surface area (Å²) in [6.45, 7) is 7.03. The summed E-state index contributed by atoms with van der Waals surface area (Å²) in [6, 6.07) is 6.71. The molecular weight excluding hydrogens is 318 g/mol. The van der Waals surface area contributed by atoms with Crippen LogP contribution in [0.1, 0.15) is 25.8 Å². The average molecular weight is 342 g/mol. The second-order valence-corrected chi connectivity index (χ2v) is 6.89. The van der Waals surface area contributed by atoms with E-state index in [0.717, 1.165) is 42.8 Å². The largest absolute Gasteiger partial charge is 0.496 e. The maximum Gasteiger partial charge on any atom is 0.122 e. The maximum atomic E-state index is 5.68. The summed E-state index contributed by atoms with van der Waals surface area (Å²) >= 11 is 3.55. The summed E-state index contributed by atoms with van der Waals surface area (Å²) in [4.78, 5) is 0. The third kappa shape index (κ3) is 3.96. The second kappa shape index (κ2) is 6.92. The van der Waals surface area contributed by atoms with Gasteiger partial charge in [-0.25, -0.2) is 0 Å². The lowest BCUT2D eigenvalue weighted by Gasteiger charge is -2.29. The summed E-state index contributed by atoms with van der Waals surface area (Å²) in [7, 11) is 1.73. The monoisotopic (exact) mass is 341 g/mol. The number of rotatable bonds is 6. The Morgan fingerprint density at radius 3 is 2.85 bits per heavy atom. The predicted molar refractivity (Wildman–Crippen MR) is 85.4 cm³/mol. The van der Waals surface area contributed by atoms with E-state index in [1.54, 1.807) is 7.11 Å². The molecule has 0 spiro atoms. The molecule has 1 aromatic rings. The molecule has 1 fully saturated rings. The van der Waals surface area contributed by atoms with Crippen LogP contribution >= 0.6 is 15.9 Å². The van der Waals surface area contributed by atoms with E-state index < -0.39 is 0 Å². The van der Waals surface area contributed by atoms with Crippen LogP contribution in [-0.4, -0.2) is 32.9 Å². The fourth-order valence-corrected chi connectivity index (χ4v) is 3.11. The molecule has 112 valence electrons. The molecule has 2 rings (SSSR count). The van der Waals surface area contributed by atoms with Crippen LogP contribution in [0.25, 0.3) is 0 Å². The van der Waals surface area contributed by atoms with E-state index in [9.17, 15) is 0 Å². The van der Waals surface area contributed by atoms with Crippen molar-refractivity contribution in [3.05, 3.63) is 28.2 Å². The Hall–Kier alpha value is -0.580. The van der Waals surface area contributed by atoms with Crippen molar-refractivity contribution in [3.63, 3.8) is 0 Å². The molecular formula is C16H24BrNO2. The third-order valence-corrected chi connectivity index (χ3v) is 4.37. The van der Waals surface area contributed by atoms with Gasteiger partial charge in [0, 0.05) is 29.1 Å². The number of ether oxygens (including phenoxy) is 2. The van der Waals surface area contributed by atoms with E-state index >= 15 is 0 Å². The summed E-state index contributed by atoms with van der Waals surface area (Å²) in [5, 5.41) is 3.57. The van der Waals surface area contributed by atoms with Crippen molar-refractivity contribution in [1.29, 1.82) is 0 Å². The molecule has 1 aliphatic heterocycles. The predicted octanol–water partition coefficient (Wildman–Crippen LogP) is 3.40. The number of benzene rings is 1. The van der Waals surface area contributed by atoms with Gasteiger partial charge in [-0.15, -0.1) is 0 Å². The molecule has 0 aliphatic carbocycles. The highest BCUT2D eigenvalue weighted by atomic mass is 79.9. The Morgan fingerprint density at radius 2 is 2.25 bits per heavy atom. The molecule has 1 unspecified atom stereocenters. The van der Waals surface area contributed by atoms with Crippen LogP contribution < -0.4 is 10.1 Å². The molecule has 1 N–H and O–H groups in total. The van der Waals surface area contributed by atoms with Crippen molar-refractivity contribution in [2.75, 3.05) is 26.9 Å². The molecule has 0 bridgehead atoms. The zero-order valence-electron chi connectivity index (χ0n) is 12.5. The molecule has 1 atom stereocenters. The maximum absolute atomic E-state index is 5.68. The van der Waals surface area contributed by atoms with Crippen molar-refractivity contribution < 1.29 is 9.47 Å². The number of hydrogen-bond acceptors (Lipinski definition) is 3. The molecule has 0 amide bonds. The lowest BCUT2D eigenvalue weighted by molar-refractivity contribution is 0.147. The lowest BCUT2D eigenvalue weighted by Crippen LogP contribution is -2.39. The molecule has 4 heteroatoms. The Balaban J connectivity index is 2.17. The number of hydrogen-bond donors (Lipinski definition) is 1. The minimum Gasteiger partial charge on any atom is -0.496 e. The SMILES string of the molecule is COc1ccc(Br)cc1CC1(CNC(C)C)CCOC1. The van der Waals surface area contributed by atoms with Crippen molar-refractivity contribution in [3.8, 4) is 5.75 Å². The summed E-state index contributed by atoms with van der Waals surface area (Å²) < 4.78 is 12.3. The van der Waals surface area contributed by atoms with Crippen LogP contribution in [0, 0.1) is 5.41 Å². The minimum absolute atomic E-state index is 0.179. The van der Waals surface area contributed by atoms with E-state index in [1.807, 2.05) is 12.1 Å². The number of halogens is 1. The molecule has 1 aromatic carbocycles. The van der Waals surface area contributed by atoms with Gasteiger partial charge in [-0.1, -0.05) is 29.8 Å². The molecule has 1 saturated heterocycles. The highest BCUT2D eigenvalue weighted by Crippen LogP contribution is 2.36. The Morgan fingerprint density at radius 1 is 1.45 bits per heavy atom. The molecule has 0 aromatic heterocycles. The van der Waals surface area contributed by atoms with E-state index in [1.165, 1.54) is 5.56 Å². The fraction of sp³-hybridized carbons (Fsp3) is 0.625. The van der Waals surface area contributed by atoms with Crippen LogP contribution in [0.5, 0.6) is 5.75 Å². The van der Waals surface area contributed by atoms with Crippen LogP contribution in [0.3, 0.4) is 0 Å². The molecule has 3 nitrogen and oxygen atoms in total. The second-order valence-electron chi connectivity index (χ2n) is 5.97. The van der Waals surface area contributed by atoms with Gasteiger partial charge in [-0.2, -0.15) is 0 Å². The Labute approximate surface area is 130 Å². The topological polar surface area (TPSA) is 30.5 Å². The number of methoxy groups -OCH3 is 1. The van der Waals surface area contributed by atoms with Crippen LogP contribution in [0.4, 0.5) is 0 Å². The van der Waals surface area contributed by atoms with Gasteiger partial charge in [0.2, 0.25) is 0 Å². The Kier molecular flexibility index (Phi) is 5.47. The highest BCUT2D eigenvalue weighted by molar-refractivity contribution is 9.10. The minimum atomic E-state index is 0.179. The first-order valence-electron chi connectivity index (χ1n) is 7.18. The van der Waals surface area contributed by atoms with Crippen LogP contribution in [0.2, 0.25) is 0 Å². The van der Waals surface area contributed by atoms with Crippen molar-refractivity contribution in [1.82, 2.24) is 5.32 Å². The van der Waals surface area contributed by atoms with Gasteiger partial charge in [0.25, 0.3) is 0 Å². The van der Waals surface area contributed by atoms with Crippen molar-refractivity contribution in [2.45, 2.75) is 32.7 Å². The van der Waals surface area contributed by atoms with Crippen molar-refractivity contribution >= 4 is 15.9 Å². The van der Waals surface area contributed by atoms with Gasteiger partial charge in [-0.05, 0) is 36.6 Å². The molecule has 1 aliphatic rings. The third-order valence-electron chi connectivity index (χ3n) is 3.88. The summed E-state index contributed by atoms with van der Waals surface area (Å²) in [5.41, 5.74) is 1.43. The fourth-order valence-electron chi connectivity index (χ4n) is 2.70. The molecule has 20 heavy (non-hydrogen) atoms. The van der Waals surface area contributed by atoms with Crippen LogP contribution in [-0.2, 0) is 11.2 Å². The van der Waals surface area contributed by atoms with Gasteiger partial charge in [0.1, 0.15) is 5.75 Å². The van der Waals surface area contributed by atoms with Gasteiger partial charge in [0.05, 0.1) is 13.7 Å². The van der Waals surface area contributed by atoms with Gasteiger partial charge in [0.15, 0.2) is 0 Å². The molecule has 0 radical (unpaired) electrons. The van der Waals surface area contributed by atoms with Crippen LogP contribution in [0.15, 0.2) is 22.7 Å². The average Bonchev–Trinajstić information content (AvgIpc) is 2.86. The van der Waals surface area contributed by atoms with Gasteiger partial charge >= 0.3 is 0 Å². The zero-order chi connectivity index (χ0) is 14.6. The summed E-state index contributed by atoms with van der Waals surface area (Å²) in [6.07, 6.45) is 2.08. The highest BCUT2D eigenvalue weighted by Gasteiger charge is 2.35. The molecule has 1 heterocycles. The standard InChI is InChI=1S/C16H24BrNO2/c1-12(2)18-10-16(6-7-20-11-16)9-13-8-14(17)4-5-15(13)19-3/h4-5,8,12,18H,6-7,9-11H2,1-3H3. The van der Waals surface area contributed by atoms with E-state index in [2.05, 4.69) is 41.2 Å². The van der Waals surface area contributed by atoms with Crippen molar-refractivity contribution in [2.24, 2.45) is 5.41 Å². The van der Waals surface area contributed by atoms with E-state index in [-0.39, 0.29) is 5.41 Å². The first-order valence-corrected chi connectivity index (χ1v) is 7.97. The van der Waals surface area contributed by atoms with Gasteiger partial charge in [-0.3, -0.25) is 0 Å². The van der Waals surface area contributed by atoms with E-state index in [0.29, 0.717) is 6.04 Å². The van der Waals surface area contributed by atoms with Gasteiger partial charge < -0.3 is 14.8 Å². The smallest absolute Gasteiger partial charge is 0.122 e. The molecule has 0 saturated carbocycles. The lowest BCUT2D eigenvalue weighted by atomic mass is 9.80. The normalized spacial score (nSPS) is 22.4. The van der Waals surface area contributed by atoms with E-state index in [4.69, 9.17) is 9.47 Å². The Bertz CT molecular complexity index is 442. The zero-order valence-corrected chi connectivity index (χ0v) is 14.1.